The van der Waals surface area contributed by atoms with Crippen molar-refractivity contribution in [3.8, 4) is 0 Å². The van der Waals surface area contributed by atoms with Gasteiger partial charge < -0.3 is 19.9 Å². The van der Waals surface area contributed by atoms with Gasteiger partial charge in [-0.2, -0.15) is 0 Å². The van der Waals surface area contributed by atoms with E-state index in [0.29, 0.717) is 31.3 Å². The average molecular weight is 750 g/mol. The summed E-state index contributed by atoms with van der Waals surface area (Å²) >= 11 is 0. The molecular weight excluding hydrogens is 685 g/mol. The van der Waals surface area contributed by atoms with Crippen molar-refractivity contribution in [2.75, 3.05) is 6.54 Å². The highest BCUT2D eigenvalue weighted by molar-refractivity contribution is 6.01. The van der Waals surface area contributed by atoms with Crippen LogP contribution in [-0.4, -0.2) is 47.6 Å². The number of carboxylic acids is 1. The zero-order valence-electron chi connectivity index (χ0n) is 34.1. The Morgan fingerprint density at radius 1 is 0.981 bits per heavy atom. The van der Waals surface area contributed by atoms with Crippen molar-refractivity contribution in [3.63, 3.8) is 0 Å². The van der Waals surface area contributed by atoms with Crippen LogP contribution >= 0.6 is 0 Å². The van der Waals surface area contributed by atoms with E-state index in [9.17, 15) is 28.7 Å². The number of aliphatic carboxylic acids is 1. The molecule has 0 aliphatic heterocycles. The van der Waals surface area contributed by atoms with E-state index in [2.05, 4.69) is 46.9 Å². The number of halogens is 1. The lowest BCUT2D eigenvalue weighted by Crippen LogP contribution is -2.65. The molecule has 8 nitrogen and oxygen atoms in total. The molecule has 0 spiro atoms. The molecule has 4 fully saturated rings. The Morgan fingerprint density at radius 3 is 2.30 bits per heavy atom. The van der Waals surface area contributed by atoms with E-state index in [1.807, 2.05) is 0 Å². The number of nitrogens with one attached hydrogen (secondary N) is 1. The number of allylic oxidation sites excluding steroid dienone is 1. The van der Waals surface area contributed by atoms with Gasteiger partial charge in [-0.3, -0.25) is 19.2 Å². The number of rotatable bonds is 11. The lowest BCUT2D eigenvalue weighted by atomic mass is 9.33. The molecular formula is C45H64FNO7. The van der Waals surface area contributed by atoms with Crippen LogP contribution in [-0.2, 0) is 35.2 Å². The molecule has 0 bridgehead atoms. The number of benzene rings is 1. The third-order valence-corrected chi connectivity index (χ3v) is 16.0. The summed E-state index contributed by atoms with van der Waals surface area (Å²) < 4.78 is 25.9. The Balaban J connectivity index is 1.28. The zero-order chi connectivity index (χ0) is 39.6. The molecule has 298 valence electrons. The van der Waals surface area contributed by atoms with Crippen LogP contribution in [0.5, 0.6) is 0 Å². The fourth-order valence-corrected chi connectivity index (χ4v) is 13.0. The summed E-state index contributed by atoms with van der Waals surface area (Å²) in [5.74, 6) is -0.604. The van der Waals surface area contributed by atoms with Crippen LogP contribution in [0, 0.1) is 62.5 Å². The third kappa shape index (κ3) is 6.66. The number of hydrogen-bond acceptors (Lipinski definition) is 7. The summed E-state index contributed by atoms with van der Waals surface area (Å²) in [5, 5.41) is 13.1. The van der Waals surface area contributed by atoms with Gasteiger partial charge in [0.1, 0.15) is 18.0 Å². The van der Waals surface area contributed by atoms with Crippen molar-refractivity contribution in [1.82, 2.24) is 5.32 Å². The van der Waals surface area contributed by atoms with Gasteiger partial charge in [-0.25, -0.2) is 4.39 Å². The van der Waals surface area contributed by atoms with Crippen LogP contribution in [0.4, 0.5) is 4.39 Å². The Hall–Kier alpha value is -3.07. The SMILES string of the molecule is CC(=O)O[C@H](CNCc1ccc(F)cc1)[C@@]12CC[C@]3(C)[C@H](CC[C@@H]4[C@@]5(C)CC[C@H](OC(=O)CC(C)(C)C(=O)O)[C@H](C)[C@@H]5CC[C@]43C)C1=C(C(C)C)C(=O)C2. The molecule has 0 radical (unpaired) electrons. The van der Waals surface area contributed by atoms with Crippen LogP contribution in [0.1, 0.15) is 132 Å². The molecule has 54 heavy (non-hydrogen) atoms. The summed E-state index contributed by atoms with van der Waals surface area (Å²) in [4.78, 5) is 51.7. The molecule has 0 heterocycles. The number of carbonyl (C=O) groups is 4. The minimum atomic E-state index is -1.17. The van der Waals surface area contributed by atoms with Crippen molar-refractivity contribution in [2.24, 2.45) is 56.7 Å². The molecule has 5 aliphatic carbocycles. The van der Waals surface area contributed by atoms with Gasteiger partial charge in [0.2, 0.25) is 0 Å². The van der Waals surface area contributed by atoms with Gasteiger partial charge in [-0.05, 0) is 140 Å². The normalized spacial score (nSPS) is 36.8. The van der Waals surface area contributed by atoms with Gasteiger partial charge in [0.25, 0.3) is 0 Å². The maximum Gasteiger partial charge on any atom is 0.309 e. The van der Waals surface area contributed by atoms with Gasteiger partial charge in [-0.1, -0.05) is 53.7 Å². The summed E-state index contributed by atoms with van der Waals surface area (Å²) in [6, 6.07) is 6.41. The first-order valence-corrected chi connectivity index (χ1v) is 20.5. The summed E-state index contributed by atoms with van der Waals surface area (Å²) in [6.07, 6.45) is 7.06. The van der Waals surface area contributed by atoms with Gasteiger partial charge in [-0.15, -0.1) is 0 Å². The van der Waals surface area contributed by atoms with E-state index in [-0.39, 0.29) is 64.1 Å². The molecule has 0 saturated heterocycles. The predicted molar refractivity (Wildman–Crippen MR) is 204 cm³/mol. The molecule has 0 aromatic heterocycles. The number of fused-ring (bicyclic) bond motifs is 7. The Bertz CT molecular complexity index is 1680. The predicted octanol–water partition coefficient (Wildman–Crippen LogP) is 8.85. The van der Waals surface area contributed by atoms with Gasteiger partial charge in [0.05, 0.1) is 11.8 Å². The number of ether oxygens (including phenoxy) is 2. The minimum absolute atomic E-state index is 0.0144. The molecule has 10 atom stereocenters. The second-order valence-corrected chi connectivity index (χ2v) is 19.6. The van der Waals surface area contributed by atoms with Crippen molar-refractivity contribution < 1.29 is 38.1 Å². The highest BCUT2D eigenvalue weighted by Crippen LogP contribution is 2.76. The van der Waals surface area contributed by atoms with Crippen LogP contribution in [0.3, 0.4) is 0 Å². The number of hydrogen-bond donors (Lipinski definition) is 2. The lowest BCUT2D eigenvalue weighted by Gasteiger charge is -2.71. The van der Waals surface area contributed by atoms with E-state index in [0.717, 1.165) is 62.5 Å². The molecule has 0 unspecified atom stereocenters. The Labute approximate surface area is 321 Å². The molecule has 6 rings (SSSR count). The van der Waals surface area contributed by atoms with E-state index in [1.165, 1.54) is 24.6 Å². The second kappa shape index (κ2) is 14.5. The lowest BCUT2D eigenvalue weighted by molar-refractivity contribution is -0.218. The molecule has 5 aliphatic rings. The molecule has 1 aromatic carbocycles. The molecule has 4 saturated carbocycles. The molecule has 2 N–H and O–H groups in total. The Kier molecular flexibility index (Phi) is 10.9. The molecule has 1 aromatic rings. The van der Waals surface area contributed by atoms with Crippen molar-refractivity contribution >= 4 is 23.7 Å². The number of esters is 2. The van der Waals surface area contributed by atoms with E-state index in [1.54, 1.807) is 26.0 Å². The van der Waals surface area contributed by atoms with Crippen LogP contribution in [0.15, 0.2) is 35.4 Å². The van der Waals surface area contributed by atoms with Gasteiger partial charge >= 0.3 is 17.9 Å². The standard InChI is InChI=1S/C45H64FNO7/c1-26(2)38-33(49)22-45(36(53-28(4)48)25-47-24-29-10-12-30(46)13-11-29)21-20-43(8)32(39(38)45)14-15-35-42(7)18-17-34(27(3)31(42)16-19-44(35,43)9)54-37(50)23-41(5,6)40(51)52/h10-13,26-27,31-32,34-36,47H,14-25H2,1-9H3,(H,51,52)/t27-,31+,32-,34+,35-,36-,42+,43-,44-,45+/m1/s1. The van der Waals surface area contributed by atoms with Crippen molar-refractivity contribution in [2.45, 2.75) is 145 Å². The zero-order valence-corrected chi connectivity index (χ0v) is 34.1. The fraction of sp³-hybridized carbons (Fsp3) is 0.733. The van der Waals surface area contributed by atoms with Crippen LogP contribution in [0.2, 0.25) is 0 Å². The van der Waals surface area contributed by atoms with Gasteiger partial charge in [0.15, 0.2) is 5.78 Å². The second-order valence-electron chi connectivity index (χ2n) is 19.6. The minimum Gasteiger partial charge on any atom is -0.481 e. The molecule has 9 heteroatoms. The maximum absolute atomic E-state index is 14.2. The average Bonchev–Trinajstić information content (AvgIpc) is 3.39. The first-order valence-electron chi connectivity index (χ1n) is 20.5. The number of carboxylic acid groups (broad SMARTS) is 1. The van der Waals surface area contributed by atoms with Gasteiger partial charge in [0, 0.05) is 31.8 Å². The highest BCUT2D eigenvalue weighted by atomic mass is 19.1. The molecule has 0 amide bonds. The smallest absolute Gasteiger partial charge is 0.309 e. The van der Waals surface area contributed by atoms with E-state index in [4.69, 9.17) is 9.47 Å². The summed E-state index contributed by atoms with van der Waals surface area (Å²) in [5.41, 5.74) is 1.41. The monoisotopic (exact) mass is 749 g/mol. The van der Waals surface area contributed by atoms with E-state index < -0.39 is 28.9 Å². The quantitative estimate of drug-likeness (QED) is 0.216. The summed E-state index contributed by atoms with van der Waals surface area (Å²) in [6.45, 7) is 19.5. The fourth-order valence-electron chi connectivity index (χ4n) is 13.0. The van der Waals surface area contributed by atoms with Crippen LogP contribution < -0.4 is 5.32 Å². The third-order valence-electron chi connectivity index (χ3n) is 16.0. The summed E-state index contributed by atoms with van der Waals surface area (Å²) in [7, 11) is 0. The largest absolute Gasteiger partial charge is 0.481 e. The number of carbonyl (C=O) groups excluding carboxylic acids is 3. The van der Waals surface area contributed by atoms with Crippen molar-refractivity contribution in [3.05, 3.63) is 46.8 Å². The van der Waals surface area contributed by atoms with Crippen LogP contribution in [0.25, 0.3) is 0 Å². The number of ketones is 1. The number of Topliss-reactive ketones (excluding diaryl/α,β-unsaturated/α-hetero) is 1. The maximum atomic E-state index is 14.2. The topological polar surface area (TPSA) is 119 Å². The van der Waals surface area contributed by atoms with Crippen molar-refractivity contribution in [1.29, 1.82) is 0 Å². The highest BCUT2D eigenvalue weighted by Gasteiger charge is 2.70. The first-order chi connectivity index (χ1) is 25.2. The van der Waals surface area contributed by atoms with E-state index >= 15 is 0 Å². The first kappa shape index (κ1) is 40.6. The Morgan fingerprint density at radius 2 is 1.67 bits per heavy atom.